The van der Waals surface area contributed by atoms with E-state index in [1.165, 1.54) is 0 Å². The van der Waals surface area contributed by atoms with Gasteiger partial charge >= 0.3 is 0 Å². The van der Waals surface area contributed by atoms with E-state index in [4.69, 9.17) is 0 Å². The second-order valence-electron chi connectivity index (χ2n) is 5.44. The number of carbonyl (C=O) groups is 1. The van der Waals surface area contributed by atoms with Crippen molar-refractivity contribution in [3.05, 3.63) is 34.7 Å². The minimum Gasteiger partial charge on any atom is -0.346 e. The van der Waals surface area contributed by atoms with Crippen molar-refractivity contribution in [1.82, 2.24) is 20.6 Å². The number of nitrogens with zero attached hydrogens (tertiary/aromatic N) is 2. The molecule has 2 atom stereocenters. The monoisotopic (exact) mass is 348 g/mol. The second kappa shape index (κ2) is 6.07. The van der Waals surface area contributed by atoms with Crippen molar-refractivity contribution >= 4 is 32.7 Å². The summed E-state index contributed by atoms with van der Waals surface area (Å²) in [5, 5.41) is 7.29. The molecule has 2 unspecified atom stereocenters. The fourth-order valence-corrected chi connectivity index (χ4v) is 3.00. The molecule has 1 saturated heterocycles. The summed E-state index contributed by atoms with van der Waals surface area (Å²) in [7, 11) is 0. The van der Waals surface area contributed by atoms with Crippen LogP contribution in [0.1, 0.15) is 23.8 Å². The topological polar surface area (TPSA) is 66.9 Å². The molecule has 0 spiro atoms. The molecular formula is C15H17BrN4O. The molecule has 2 aromatic heterocycles. The number of aromatic nitrogens is 2. The third-order valence-corrected chi connectivity index (χ3v) is 4.51. The zero-order chi connectivity index (χ0) is 14.8. The first kappa shape index (κ1) is 14.4. The van der Waals surface area contributed by atoms with Crippen molar-refractivity contribution < 1.29 is 4.79 Å². The highest BCUT2D eigenvalue weighted by atomic mass is 79.9. The molecule has 0 aliphatic carbocycles. The Kier molecular flexibility index (Phi) is 4.17. The molecule has 110 valence electrons. The van der Waals surface area contributed by atoms with Crippen LogP contribution in [0.25, 0.3) is 10.9 Å². The molecule has 1 amide bonds. The summed E-state index contributed by atoms with van der Waals surface area (Å²) < 4.78 is 0.794. The van der Waals surface area contributed by atoms with E-state index in [2.05, 4.69) is 43.5 Å². The van der Waals surface area contributed by atoms with Gasteiger partial charge in [-0.2, -0.15) is 0 Å². The lowest BCUT2D eigenvalue weighted by Gasteiger charge is -2.30. The maximum Gasteiger partial charge on any atom is 0.270 e. The molecule has 2 N–H and O–H groups in total. The van der Waals surface area contributed by atoms with Gasteiger partial charge in [-0.3, -0.25) is 9.78 Å². The average molecular weight is 349 g/mol. The molecule has 21 heavy (non-hydrogen) atoms. The predicted octanol–water partition coefficient (Wildman–Crippen LogP) is 2.12. The van der Waals surface area contributed by atoms with E-state index in [9.17, 15) is 4.79 Å². The Labute approximate surface area is 131 Å². The highest BCUT2D eigenvalue weighted by molar-refractivity contribution is 9.10. The van der Waals surface area contributed by atoms with Gasteiger partial charge in [0, 0.05) is 30.4 Å². The number of nitrogens with one attached hydrogen (secondary N) is 2. The smallest absolute Gasteiger partial charge is 0.270 e. The highest BCUT2D eigenvalue weighted by Gasteiger charge is 2.23. The Morgan fingerprint density at radius 3 is 3.10 bits per heavy atom. The molecule has 5 nitrogen and oxygen atoms in total. The van der Waals surface area contributed by atoms with Crippen LogP contribution in [0.5, 0.6) is 0 Å². The lowest BCUT2D eigenvalue weighted by molar-refractivity contribution is 0.0910. The quantitative estimate of drug-likeness (QED) is 0.872. The lowest BCUT2D eigenvalue weighted by atomic mass is 9.95. The number of amides is 1. The van der Waals surface area contributed by atoms with E-state index < -0.39 is 0 Å². The summed E-state index contributed by atoms with van der Waals surface area (Å²) in [5.41, 5.74) is 1.19. The van der Waals surface area contributed by atoms with E-state index in [1.807, 2.05) is 6.07 Å². The van der Waals surface area contributed by atoms with Gasteiger partial charge in [-0.25, -0.2) is 4.98 Å². The number of hydrogen-bond donors (Lipinski definition) is 2. The molecule has 0 bridgehead atoms. The first-order valence-corrected chi connectivity index (χ1v) is 7.86. The molecule has 2 aromatic rings. The zero-order valence-electron chi connectivity index (χ0n) is 11.8. The Balaban J connectivity index is 1.82. The minimum absolute atomic E-state index is 0.124. The van der Waals surface area contributed by atoms with Crippen molar-refractivity contribution in [3.8, 4) is 0 Å². The Morgan fingerprint density at radius 2 is 2.29 bits per heavy atom. The van der Waals surface area contributed by atoms with Gasteiger partial charge < -0.3 is 10.6 Å². The normalized spacial score (nSPS) is 22.2. The van der Waals surface area contributed by atoms with Gasteiger partial charge in [0.05, 0.1) is 9.99 Å². The fraction of sp³-hybridized carbons (Fsp3) is 0.400. The third kappa shape index (κ3) is 3.06. The van der Waals surface area contributed by atoms with Crippen molar-refractivity contribution in [3.63, 3.8) is 0 Å². The van der Waals surface area contributed by atoms with Gasteiger partial charge in [-0.05, 0) is 46.9 Å². The summed E-state index contributed by atoms with van der Waals surface area (Å²) in [6.07, 6.45) is 4.50. The van der Waals surface area contributed by atoms with E-state index in [0.717, 1.165) is 34.9 Å². The highest BCUT2D eigenvalue weighted by Crippen LogP contribution is 2.21. The Hall–Kier alpha value is -1.53. The molecule has 0 aromatic carbocycles. The first-order chi connectivity index (χ1) is 10.1. The molecule has 0 saturated carbocycles. The summed E-state index contributed by atoms with van der Waals surface area (Å²) in [6.45, 7) is 4.00. The number of rotatable bonds is 2. The SMILES string of the molecule is CC1CCNCC1NC(=O)c1ccc2cncc(Br)c2n1. The van der Waals surface area contributed by atoms with Gasteiger partial charge in [0.2, 0.25) is 0 Å². The molecule has 3 rings (SSSR count). The number of pyridine rings is 2. The van der Waals surface area contributed by atoms with Crippen LogP contribution in [0.4, 0.5) is 0 Å². The van der Waals surface area contributed by atoms with Crippen LogP contribution < -0.4 is 10.6 Å². The summed E-state index contributed by atoms with van der Waals surface area (Å²) >= 11 is 3.42. The van der Waals surface area contributed by atoms with E-state index in [0.29, 0.717) is 11.6 Å². The molecule has 0 radical (unpaired) electrons. The van der Waals surface area contributed by atoms with Crippen LogP contribution in [-0.2, 0) is 0 Å². The van der Waals surface area contributed by atoms with Crippen LogP contribution in [0.15, 0.2) is 29.0 Å². The number of piperidine rings is 1. The average Bonchev–Trinajstić information content (AvgIpc) is 2.50. The number of hydrogen-bond acceptors (Lipinski definition) is 4. The molecule has 1 aliphatic heterocycles. The summed E-state index contributed by atoms with van der Waals surface area (Å²) in [5.74, 6) is 0.354. The standard InChI is InChI=1S/C15H17BrN4O/c1-9-4-5-17-8-13(9)20-15(21)12-3-2-10-6-18-7-11(16)14(10)19-12/h2-3,6-7,9,13,17H,4-5,8H2,1H3,(H,20,21). The van der Waals surface area contributed by atoms with Crippen molar-refractivity contribution in [2.75, 3.05) is 13.1 Å². The van der Waals surface area contributed by atoms with Gasteiger partial charge in [0.15, 0.2) is 0 Å². The van der Waals surface area contributed by atoms with Crippen LogP contribution in [0.3, 0.4) is 0 Å². The minimum atomic E-state index is -0.124. The summed E-state index contributed by atoms with van der Waals surface area (Å²) in [4.78, 5) is 20.9. The number of halogens is 1. The number of carbonyl (C=O) groups excluding carboxylic acids is 1. The molecular weight excluding hydrogens is 332 g/mol. The Morgan fingerprint density at radius 1 is 1.43 bits per heavy atom. The Bertz CT molecular complexity index is 676. The van der Waals surface area contributed by atoms with E-state index >= 15 is 0 Å². The first-order valence-electron chi connectivity index (χ1n) is 7.07. The van der Waals surface area contributed by atoms with Gasteiger partial charge in [0.25, 0.3) is 5.91 Å². The largest absolute Gasteiger partial charge is 0.346 e. The number of fused-ring (bicyclic) bond motifs is 1. The van der Waals surface area contributed by atoms with Gasteiger partial charge in [-0.15, -0.1) is 0 Å². The zero-order valence-corrected chi connectivity index (χ0v) is 13.4. The maximum absolute atomic E-state index is 12.4. The van der Waals surface area contributed by atoms with Crippen LogP contribution in [-0.4, -0.2) is 35.0 Å². The van der Waals surface area contributed by atoms with E-state index in [1.54, 1.807) is 18.5 Å². The van der Waals surface area contributed by atoms with Crippen molar-refractivity contribution in [2.45, 2.75) is 19.4 Å². The van der Waals surface area contributed by atoms with Crippen LogP contribution in [0, 0.1) is 5.92 Å². The third-order valence-electron chi connectivity index (χ3n) is 3.93. The summed E-state index contributed by atoms with van der Waals surface area (Å²) in [6, 6.07) is 3.77. The van der Waals surface area contributed by atoms with Crippen molar-refractivity contribution in [2.24, 2.45) is 5.92 Å². The van der Waals surface area contributed by atoms with Gasteiger partial charge in [-0.1, -0.05) is 6.92 Å². The molecule has 1 fully saturated rings. The molecule has 6 heteroatoms. The lowest BCUT2D eigenvalue weighted by Crippen LogP contribution is -2.50. The second-order valence-corrected chi connectivity index (χ2v) is 6.29. The molecule has 3 heterocycles. The van der Waals surface area contributed by atoms with Crippen LogP contribution >= 0.6 is 15.9 Å². The van der Waals surface area contributed by atoms with Gasteiger partial charge in [0.1, 0.15) is 5.69 Å². The molecule has 1 aliphatic rings. The fourth-order valence-electron chi connectivity index (χ4n) is 2.56. The van der Waals surface area contributed by atoms with Crippen LogP contribution in [0.2, 0.25) is 0 Å². The van der Waals surface area contributed by atoms with Crippen molar-refractivity contribution in [1.29, 1.82) is 0 Å². The predicted molar refractivity (Wildman–Crippen MR) is 85.1 cm³/mol. The van der Waals surface area contributed by atoms with E-state index in [-0.39, 0.29) is 11.9 Å². The maximum atomic E-state index is 12.4.